The highest BCUT2D eigenvalue weighted by molar-refractivity contribution is 5.07. The van der Waals surface area contributed by atoms with Crippen LogP contribution < -0.4 is 5.32 Å². The fourth-order valence-electron chi connectivity index (χ4n) is 2.60. The summed E-state index contributed by atoms with van der Waals surface area (Å²) in [5, 5.41) is 7.54. The first-order valence-corrected chi connectivity index (χ1v) is 7.36. The van der Waals surface area contributed by atoms with Crippen molar-refractivity contribution in [1.29, 1.82) is 0 Å². The lowest BCUT2D eigenvalue weighted by Gasteiger charge is -2.30. The van der Waals surface area contributed by atoms with E-state index in [1.54, 1.807) is 0 Å². The molecule has 2 atom stereocenters. The Morgan fingerprint density at radius 3 is 2.95 bits per heavy atom. The van der Waals surface area contributed by atoms with E-state index in [0.717, 1.165) is 44.7 Å². The molecule has 0 aromatic carbocycles. The summed E-state index contributed by atoms with van der Waals surface area (Å²) in [6.45, 7) is 8.98. The highest BCUT2D eigenvalue weighted by atomic mass is 16.5. The van der Waals surface area contributed by atoms with Gasteiger partial charge in [-0.3, -0.25) is 0 Å². The van der Waals surface area contributed by atoms with Crippen LogP contribution in [0.1, 0.15) is 64.3 Å². The average Bonchev–Trinajstić information content (AvgIpc) is 2.90. The van der Waals surface area contributed by atoms with Crippen molar-refractivity contribution < 1.29 is 9.26 Å². The minimum Gasteiger partial charge on any atom is -0.370 e. The van der Waals surface area contributed by atoms with Crippen molar-refractivity contribution in [3.63, 3.8) is 0 Å². The van der Waals surface area contributed by atoms with Crippen LogP contribution in [0, 0.1) is 0 Å². The molecule has 5 heteroatoms. The van der Waals surface area contributed by atoms with E-state index in [4.69, 9.17) is 9.26 Å². The zero-order chi connectivity index (χ0) is 13.7. The van der Waals surface area contributed by atoms with E-state index >= 15 is 0 Å². The van der Waals surface area contributed by atoms with Crippen LogP contribution in [-0.2, 0) is 10.2 Å². The third kappa shape index (κ3) is 3.34. The molecule has 2 rings (SSSR count). The lowest BCUT2D eigenvalue weighted by atomic mass is 9.83. The molecule has 1 aromatic heterocycles. The highest BCUT2D eigenvalue weighted by Crippen LogP contribution is 2.31. The summed E-state index contributed by atoms with van der Waals surface area (Å²) in [6, 6.07) is 0. The van der Waals surface area contributed by atoms with E-state index in [1.165, 1.54) is 0 Å². The molecule has 1 aliphatic heterocycles. The van der Waals surface area contributed by atoms with Gasteiger partial charge in [0.05, 0.1) is 5.41 Å². The molecular weight excluding hydrogens is 242 g/mol. The van der Waals surface area contributed by atoms with E-state index in [0.29, 0.717) is 12.4 Å². The lowest BCUT2D eigenvalue weighted by Crippen LogP contribution is -2.41. The molecular formula is C14H25N3O2. The quantitative estimate of drug-likeness (QED) is 0.858. The number of hydrogen-bond acceptors (Lipinski definition) is 5. The number of piperidine rings is 1. The number of aromatic nitrogens is 2. The number of hydrogen-bond donors (Lipinski definition) is 1. The Hall–Kier alpha value is -0.940. The summed E-state index contributed by atoms with van der Waals surface area (Å²) < 4.78 is 11.2. The van der Waals surface area contributed by atoms with E-state index in [1.807, 2.05) is 6.92 Å². The third-order valence-corrected chi connectivity index (χ3v) is 3.76. The van der Waals surface area contributed by atoms with Crippen molar-refractivity contribution in [3.05, 3.63) is 11.7 Å². The molecule has 1 saturated heterocycles. The van der Waals surface area contributed by atoms with Gasteiger partial charge in [-0.05, 0) is 39.7 Å². The molecule has 0 aliphatic carbocycles. The molecule has 108 valence electrons. The first-order valence-electron chi connectivity index (χ1n) is 7.36. The van der Waals surface area contributed by atoms with Gasteiger partial charge in [-0.15, -0.1) is 0 Å². The molecule has 0 spiro atoms. The van der Waals surface area contributed by atoms with Crippen LogP contribution >= 0.6 is 0 Å². The van der Waals surface area contributed by atoms with Crippen molar-refractivity contribution in [1.82, 2.24) is 15.5 Å². The summed E-state index contributed by atoms with van der Waals surface area (Å²) in [7, 11) is 0. The van der Waals surface area contributed by atoms with Gasteiger partial charge < -0.3 is 14.6 Å². The zero-order valence-electron chi connectivity index (χ0n) is 12.2. The van der Waals surface area contributed by atoms with E-state index in [9.17, 15) is 0 Å². The van der Waals surface area contributed by atoms with Gasteiger partial charge in [0.15, 0.2) is 0 Å². The minimum atomic E-state index is -0.0352. The van der Waals surface area contributed by atoms with Crippen LogP contribution in [0.5, 0.6) is 0 Å². The van der Waals surface area contributed by atoms with Crippen LogP contribution in [0.3, 0.4) is 0 Å². The van der Waals surface area contributed by atoms with E-state index in [-0.39, 0.29) is 11.5 Å². The van der Waals surface area contributed by atoms with Crippen LogP contribution in [0.4, 0.5) is 0 Å². The second-order valence-electron chi connectivity index (χ2n) is 5.53. The Labute approximate surface area is 115 Å². The van der Waals surface area contributed by atoms with Gasteiger partial charge in [0.2, 0.25) is 11.7 Å². The SMILES string of the molecule is CCCC(OCC)c1noc(C2(C)CCCNC2)n1. The molecule has 1 aliphatic rings. The molecule has 1 aromatic rings. The van der Waals surface area contributed by atoms with Crippen molar-refractivity contribution >= 4 is 0 Å². The van der Waals surface area contributed by atoms with Crippen molar-refractivity contribution in [3.8, 4) is 0 Å². The molecule has 2 unspecified atom stereocenters. The molecule has 5 nitrogen and oxygen atoms in total. The standard InChI is InChI=1S/C14H25N3O2/c1-4-7-11(18-5-2)12-16-13(19-17-12)14(3)8-6-9-15-10-14/h11,15H,4-10H2,1-3H3. The Balaban J connectivity index is 2.12. The number of rotatable bonds is 6. The Kier molecular flexibility index (Phi) is 4.93. The predicted molar refractivity (Wildman–Crippen MR) is 73.0 cm³/mol. The summed E-state index contributed by atoms with van der Waals surface area (Å²) in [4.78, 5) is 4.60. The zero-order valence-corrected chi connectivity index (χ0v) is 12.2. The smallest absolute Gasteiger partial charge is 0.233 e. The summed E-state index contributed by atoms with van der Waals surface area (Å²) in [5.41, 5.74) is -0.0352. The average molecular weight is 267 g/mol. The maximum Gasteiger partial charge on any atom is 0.233 e. The molecule has 0 amide bonds. The molecule has 2 heterocycles. The largest absolute Gasteiger partial charge is 0.370 e. The Bertz CT molecular complexity index is 380. The summed E-state index contributed by atoms with van der Waals surface area (Å²) >= 11 is 0. The second kappa shape index (κ2) is 6.48. The van der Waals surface area contributed by atoms with Crippen molar-refractivity contribution in [2.24, 2.45) is 0 Å². The van der Waals surface area contributed by atoms with Gasteiger partial charge in [0.25, 0.3) is 0 Å². The monoisotopic (exact) mass is 267 g/mol. The van der Waals surface area contributed by atoms with Crippen LogP contribution in [-0.4, -0.2) is 29.8 Å². The van der Waals surface area contributed by atoms with Gasteiger partial charge in [-0.2, -0.15) is 4.98 Å². The first-order chi connectivity index (χ1) is 9.19. The van der Waals surface area contributed by atoms with Gasteiger partial charge >= 0.3 is 0 Å². The van der Waals surface area contributed by atoms with Crippen molar-refractivity contribution in [2.45, 2.75) is 58.0 Å². The third-order valence-electron chi connectivity index (χ3n) is 3.76. The van der Waals surface area contributed by atoms with Gasteiger partial charge in [0.1, 0.15) is 6.10 Å². The molecule has 0 radical (unpaired) electrons. The maximum atomic E-state index is 5.70. The number of nitrogens with one attached hydrogen (secondary N) is 1. The van der Waals surface area contributed by atoms with Gasteiger partial charge in [0, 0.05) is 13.2 Å². The maximum absolute atomic E-state index is 5.70. The predicted octanol–water partition coefficient (Wildman–Crippen LogP) is 2.59. The van der Waals surface area contributed by atoms with Crippen LogP contribution in [0.2, 0.25) is 0 Å². The van der Waals surface area contributed by atoms with E-state index < -0.39 is 0 Å². The fourth-order valence-corrected chi connectivity index (χ4v) is 2.60. The summed E-state index contributed by atoms with van der Waals surface area (Å²) in [5.74, 6) is 1.45. The highest BCUT2D eigenvalue weighted by Gasteiger charge is 2.35. The molecule has 19 heavy (non-hydrogen) atoms. The van der Waals surface area contributed by atoms with Crippen molar-refractivity contribution in [2.75, 3.05) is 19.7 Å². The van der Waals surface area contributed by atoms with Gasteiger partial charge in [-0.25, -0.2) is 0 Å². The second-order valence-corrected chi connectivity index (χ2v) is 5.53. The summed E-state index contributed by atoms with van der Waals surface area (Å²) in [6.07, 6.45) is 4.19. The topological polar surface area (TPSA) is 60.2 Å². The minimum absolute atomic E-state index is 0.0346. The van der Waals surface area contributed by atoms with Gasteiger partial charge in [-0.1, -0.05) is 18.5 Å². The Morgan fingerprint density at radius 1 is 1.47 bits per heavy atom. The Morgan fingerprint density at radius 2 is 2.32 bits per heavy atom. The molecule has 1 fully saturated rings. The van der Waals surface area contributed by atoms with E-state index in [2.05, 4.69) is 29.3 Å². The molecule has 0 bridgehead atoms. The number of nitrogens with zero attached hydrogens (tertiary/aromatic N) is 2. The fraction of sp³-hybridized carbons (Fsp3) is 0.857. The number of ether oxygens (including phenoxy) is 1. The normalized spacial score (nSPS) is 25.4. The molecule has 0 saturated carbocycles. The van der Waals surface area contributed by atoms with Crippen LogP contribution in [0.15, 0.2) is 4.52 Å². The lowest BCUT2D eigenvalue weighted by molar-refractivity contribution is 0.0477. The molecule has 1 N–H and O–H groups in total. The van der Waals surface area contributed by atoms with Crippen LogP contribution in [0.25, 0.3) is 0 Å². The first kappa shape index (κ1) is 14.5.